The summed E-state index contributed by atoms with van der Waals surface area (Å²) in [5.74, 6) is 1.00. The van der Waals surface area contributed by atoms with Crippen molar-refractivity contribution in [3.05, 3.63) is 42.1 Å². The first-order chi connectivity index (χ1) is 8.15. The van der Waals surface area contributed by atoms with Gasteiger partial charge in [0.15, 0.2) is 0 Å². The van der Waals surface area contributed by atoms with Gasteiger partial charge < -0.3 is 20.5 Å². The Kier molecular flexibility index (Phi) is 2.95. The highest BCUT2D eigenvalue weighted by atomic mass is 16.5. The van der Waals surface area contributed by atoms with Crippen molar-refractivity contribution in [3.8, 4) is 5.75 Å². The van der Waals surface area contributed by atoms with E-state index >= 15 is 0 Å². The number of hydrogen-bond acceptors (Lipinski definition) is 4. The minimum absolute atomic E-state index is 0.125. The summed E-state index contributed by atoms with van der Waals surface area (Å²) in [6.07, 6.45) is 1.73. The average Bonchev–Trinajstić information content (AvgIpc) is 2.36. The molecule has 0 spiro atoms. The van der Waals surface area contributed by atoms with Crippen molar-refractivity contribution in [2.45, 2.75) is 6.04 Å². The second-order valence-corrected chi connectivity index (χ2v) is 3.86. The van der Waals surface area contributed by atoms with Gasteiger partial charge in [0.25, 0.3) is 0 Å². The largest absolute Gasteiger partial charge is 0.507 e. The first-order valence-corrected chi connectivity index (χ1v) is 5.38. The van der Waals surface area contributed by atoms with Gasteiger partial charge in [0, 0.05) is 30.1 Å². The van der Waals surface area contributed by atoms with Crippen LogP contribution in [0.15, 0.2) is 36.6 Å². The number of benzene rings is 1. The molecule has 1 atom stereocenters. The second kappa shape index (κ2) is 4.41. The summed E-state index contributed by atoms with van der Waals surface area (Å²) < 4.78 is 5.16. The molecular formula is C13H16N2O2. The zero-order chi connectivity index (χ0) is 12.4. The molecule has 17 heavy (non-hydrogen) atoms. The van der Waals surface area contributed by atoms with Gasteiger partial charge >= 0.3 is 0 Å². The molecule has 1 aliphatic heterocycles. The number of nitrogens with one attached hydrogen (secondary N) is 2. The van der Waals surface area contributed by atoms with E-state index in [0.29, 0.717) is 0 Å². The minimum Gasteiger partial charge on any atom is -0.507 e. The smallest absolute Gasteiger partial charge is 0.123 e. The molecule has 0 bridgehead atoms. The molecule has 3 N–H and O–H groups in total. The van der Waals surface area contributed by atoms with Crippen molar-refractivity contribution >= 4 is 11.4 Å². The summed E-state index contributed by atoms with van der Waals surface area (Å²) in [7, 11) is 3.42. The average molecular weight is 232 g/mol. The third-order valence-corrected chi connectivity index (χ3v) is 2.83. The molecule has 0 fully saturated rings. The van der Waals surface area contributed by atoms with Crippen LogP contribution in [0, 0.1) is 0 Å². The molecule has 2 rings (SSSR count). The van der Waals surface area contributed by atoms with E-state index < -0.39 is 0 Å². The van der Waals surface area contributed by atoms with Crippen molar-refractivity contribution < 1.29 is 9.84 Å². The van der Waals surface area contributed by atoms with Crippen molar-refractivity contribution in [2.75, 3.05) is 19.5 Å². The van der Waals surface area contributed by atoms with Crippen LogP contribution in [0.25, 0.3) is 5.76 Å². The molecule has 1 aromatic carbocycles. The summed E-state index contributed by atoms with van der Waals surface area (Å²) >= 11 is 0. The highest BCUT2D eigenvalue weighted by molar-refractivity contribution is 5.77. The molecule has 1 heterocycles. The number of aliphatic hydroxyl groups is 1. The topological polar surface area (TPSA) is 53.5 Å². The predicted molar refractivity (Wildman–Crippen MR) is 69.2 cm³/mol. The summed E-state index contributed by atoms with van der Waals surface area (Å²) in [4.78, 5) is 0. The minimum atomic E-state index is -0.125. The lowest BCUT2D eigenvalue weighted by Crippen LogP contribution is -2.29. The molecule has 0 saturated heterocycles. The van der Waals surface area contributed by atoms with Gasteiger partial charge in [0.05, 0.1) is 13.2 Å². The van der Waals surface area contributed by atoms with Crippen LogP contribution in [0.2, 0.25) is 0 Å². The van der Waals surface area contributed by atoms with Crippen molar-refractivity contribution in [1.29, 1.82) is 0 Å². The van der Waals surface area contributed by atoms with Crippen LogP contribution in [0.5, 0.6) is 5.75 Å². The van der Waals surface area contributed by atoms with Crippen LogP contribution < -0.4 is 15.4 Å². The normalized spacial score (nSPS) is 17.5. The fourth-order valence-electron chi connectivity index (χ4n) is 1.79. The number of anilines is 1. The van der Waals surface area contributed by atoms with Crippen LogP contribution in [-0.4, -0.2) is 25.3 Å². The second-order valence-electron chi connectivity index (χ2n) is 3.86. The third kappa shape index (κ3) is 2.06. The van der Waals surface area contributed by atoms with Crippen molar-refractivity contribution in [3.63, 3.8) is 0 Å². The van der Waals surface area contributed by atoms with E-state index in [4.69, 9.17) is 4.74 Å². The Morgan fingerprint density at radius 2 is 2.29 bits per heavy atom. The van der Waals surface area contributed by atoms with E-state index in [-0.39, 0.29) is 11.8 Å². The van der Waals surface area contributed by atoms with Crippen LogP contribution in [0.1, 0.15) is 5.56 Å². The fourth-order valence-corrected chi connectivity index (χ4v) is 1.79. The first kappa shape index (κ1) is 11.4. The molecule has 1 unspecified atom stereocenters. The van der Waals surface area contributed by atoms with Crippen LogP contribution in [-0.2, 0) is 0 Å². The number of methoxy groups -OCH3 is 1. The van der Waals surface area contributed by atoms with Crippen LogP contribution >= 0.6 is 0 Å². The molecule has 0 saturated carbocycles. The molecule has 0 aliphatic carbocycles. The first-order valence-electron chi connectivity index (χ1n) is 5.38. The van der Waals surface area contributed by atoms with E-state index in [9.17, 15) is 5.11 Å². The molecule has 4 nitrogen and oxygen atoms in total. The number of aliphatic hydroxyl groups excluding tert-OH is 1. The van der Waals surface area contributed by atoms with Gasteiger partial charge in [-0.25, -0.2) is 0 Å². The highest BCUT2D eigenvalue weighted by Gasteiger charge is 2.20. The van der Waals surface area contributed by atoms with Crippen LogP contribution in [0.3, 0.4) is 0 Å². The van der Waals surface area contributed by atoms with Crippen LogP contribution in [0.4, 0.5) is 5.69 Å². The molecule has 4 heteroatoms. The number of rotatable bonds is 3. The standard InChI is InChI=1S/C13H16N2O2/c1-8(14-2)11-7-13(16)10-5-4-9(17-3)6-12(10)15-11/h4-7,11,14-16H,1H2,2-3H3. The van der Waals surface area contributed by atoms with Gasteiger partial charge in [-0.05, 0) is 18.2 Å². The van der Waals surface area contributed by atoms with Crippen molar-refractivity contribution in [2.24, 2.45) is 0 Å². The molecule has 0 amide bonds. The molecule has 1 aliphatic rings. The van der Waals surface area contributed by atoms with Crippen molar-refractivity contribution in [1.82, 2.24) is 5.32 Å². The molecule has 90 valence electrons. The lowest BCUT2D eigenvalue weighted by Gasteiger charge is -2.25. The lowest BCUT2D eigenvalue weighted by atomic mass is 10.0. The summed E-state index contributed by atoms with van der Waals surface area (Å²) in [6.45, 7) is 3.89. The Labute approximate surface area is 101 Å². The Morgan fingerprint density at radius 1 is 1.53 bits per heavy atom. The monoisotopic (exact) mass is 232 g/mol. The highest BCUT2D eigenvalue weighted by Crippen LogP contribution is 2.32. The zero-order valence-electron chi connectivity index (χ0n) is 9.95. The Hall–Kier alpha value is -2.10. The maximum Gasteiger partial charge on any atom is 0.123 e. The van der Waals surface area contributed by atoms with E-state index in [1.165, 1.54) is 0 Å². The third-order valence-electron chi connectivity index (χ3n) is 2.83. The molecular weight excluding hydrogens is 216 g/mol. The maximum atomic E-state index is 9.95. The van der Waals surface area contributed by atoms with Gasteiger partial charge in [0.1, 0.15) is 11.5 Å². The maximum absolute atomic E-state index is 9.95. The summed E-state index contributed by atoms with van der Waals surface area (Å²) in [5.41, 5.74) is 2.40. The quantitative estimate of drug-likeness (QED) is 0.747. The van der Waals surface area contributed by atoms with Gasteiger partial charge in [-0.2, -0.15) is 0 Å². The van der Waals surface area contributed by atoms with Gasteiger partial charge in [-0.1, -0.05) is 6.58 Å². The predicted octanol–water partition coefficient (Wildman–Crippen LogP) is 2.12. The van der Waals surface area contributed by atoms with Gasteiger partial charge in [0.2, 0.25) is 0 Å². The summed E-state index contributed by atoms with van der Waals surface area (Å²) in [6, 6.07) is 5.37. The van der Waals surface area contributed by atoms with Gasteiger partial charge in [-0.3, -0.25) is 0 Å². The molecule has 0 radical (unpaired) electrons. The van der Waals surface area contributed by atoms with Gasteiger partial charge in [-0.15, -0.1) is 0 Å². The van der Waals surface area contributed by atoms with E-state index in [0.717, 1.165) is 22.7 Å². The summed E-state index contributed by atoms with van der Waals surface area (Å²) in [5, 5.41) is 16.2. The lowest BCUT2D eigenvalue weighted by molar-refractivity contribution is 0.414. The van der Waals surface area contributed by atoms with E-state index in [1.54, 1.807) is 20.2 Å². The number of ether oxygens (including phenoxy) is 1. The SMILES string of the molecule is C=C(NC)C1C=C(O)c2ccc(OC)cc2N1. The molecule has 1 aromatic rings. The van der Waals surface area contributed by atoms with E-state index in [2.05, 4.69) is 17.2 Å². The number of fused-ring (bicyclic) bond motifs is 1. The Balaban J connectivity index is 2.38. The molecule has 0 aromatic heterocycles. The zero-order valence-corrected chi connectivity index (χ0v) is 9.95. The number of hydrogen-bond donors (Lipinski definition) is 3. The number of likely N-dealkylation sites (N-methyl/N-ethyl adjacent to an activating group) is 1. The Morgan fingerprint density at radius 3 is 2.94 bits per heavy atom. The fraction of sp³-hybridized carbons (Fsp3) is 0.231. The van der Waals surface area contributed by atoms with E-state index in [1.807, 2.05) is 18.2 Å². The Bertz CT molecular complexity index is 480.